The molecule has 25 heavy (non-hydrogen) atoms. The highest BCUT2D eigenvalue weighted by Gasteiger charge is 2.32. The molecule has 1 aromatic carbocycles. The summed E-state index contributed by atoms with van der Waals surface area (Å²) in [6.07, 6.45) is -1.52. The molecule has 7 heteroatoms. The molecule has 3 rings (SSSR count). The summed E-state index contributed by atoms with van der Waals surface area (Å²) in [5.74, 6) is 0.474. The Morgan fingerprint density at radius 2 is 1.64 bits per heavy atom. The van der Waals surface area contributed by atoms with Gasteiger partial charge in [-0.15, -0.1) is 11.8 Å². The number of hydrogen-bond acceptors (Lipinski definition) is 3. The van der Waals surface area contributed by atoms with E-state index in [-0.39, 0.29) is 0 Å². The van der Waals surface area contributed by atoms with Gasteiger partial charge in [-0.1, -0.05) is 29.8 Å². The Morgan fingerprint density at radius 3 is 2.28 bits per heavy atom. The summed E-state index contributed by atoms with van der Waals surface area (Å²) in [6.45, 7) is 0. The maximum absolute atomic E-state index is 12.7. The van der Waals surface area contributed by atoms with Crippen molar-refractivity contribution >= 4 is 23.4 Å². The van der Waals surface area contributed by atoms with E-state index in [0.29, 0.717) is 15.7 Å². The van der Waals surface area contributed by atoms with Crippen LogP contribution in [0.1, 0.15) is 11.4 Å². The summed E-state index contributed by atoms with van der Waals surface area (Å²) < 4.78 is 38.0. The zero-order valence-corrected chi connectivity index (χ0v) is 14.4. The monoisotopic (exact) mass is 380 g/mol. The van der Waals surface area contributed by atoms with Crippen molar-refractivity contribution < 1.29 is 13.2 Å². The first-order valence-corrected chi connectivity index (χ1v) is 8.65. The largest absolute Gasteiger partial charge is 0.433 e. The highest BCUT2D eigenvalue weighted by Crippen LogP contribution is 2.31. The molecule has 0 bridgehead atoms. The highest BCUT2D eigenvalue weighted by atomic mass is 35.5. The van der Waals surface area contributed by atoms with E-state index in [4.69, 9.17) is 11.6 Å². The third-order valence-corrected chi connectivity index (χ3v) is 4.69. The fraction of sp³-hybridized carbons (Fsp3) is 0.111. The normalized spacial score (nSPS) is 11.5. The van der Waals surface area contributed by atoms with Crippen molar-refractivity contribution in [2.45, 2.75) is 16.8 Å². The van der Waals surface area contributed by atoms with E-state index in [1.807, 2.05) is 36.4 Å². The third kappa shape index (κ3) is 4.74. The molecular weight excluding hydrogens is 369 g/mol. The first-order valence-electron chi connectivity index (χ1n) is 7.29. The number of alkyl halides is 3. The lowest BCUT2D eigenvalue weighted by Crippen LogP contribution is -2.07. The second-order valence-corrected chi connectivity index (χ2v) is 6.69. The number of pyridine rings is 2. The topological polar surface area (TPSA) is 25.8 Å². The molecule has 0 spiro atoms. The van der Waals surface area contributed by atoms with Crippen molar-refractivity contribution in [3.8, 4) is 11.1 Å². The average molecular weight is 381 g/mol. The Balaban J connectivity index is 1.67. The minimum Gasteiger partial charge on any atom is -0.260 e. The van der Waals surface area contributed by atoms with Gasteiger partial charge in [-0.05, 0) is 35.9 Å². The highest BCUT2D eigenvalue weighted by molar-refractivity contribution is 7.98. The van der Waals surface area contributed by atoms with Gasteiger partial charge >= 0.3 is 6.18 Å². The van der Waals surface area contributed by atoms with Crippen LogP contribution in [0.5, 0.6) is 0 Å². The molecule has 3 aromatic rings. The molecule has 2 aromatic heterocycles. The number of halogens is 4. The Morgan fingerprint density at radius 1 is 0.920 bits per heavy atom. The van der Waals surface area contributed by atoms with Crippen LogP contribution in [-0.2, 0) is 11.9 Å². The summed E-state index contributed by atoms with van der Waals surface area (Å²) in [5.41, 5.74) is 1.85. The van der Waals surface area contributed by atoms with Crippen LogP contribution in [0.3, 0.4) is 0 Å². The molecule has 0 aliphatic heterocycles. The van der Waals surface area contributed by atoms with Gasteiger partial charge in [0.05, 0.1) is 5.69 Å². The van der Waals surface area contributed by atoms with Crippen LogP contribution >= 0.6 is 23.4 Å². The number of benzene rings is 1. The van der Waals surface area contributed by atoms with Crippen LogP contribution in [0, 0.1) is 0 Å². The van der Waals surface area contributed by atoms with Gasteiger partial charge in [0, 0.05) is 33.6 Å². The molecule has 0 aliphatic rings. The lowest BCUT2D eigenvalue weighted by molar-refractivity contribution is -0.141. The first kappa shape index (κ1) is 17.8. The van der Waals surface area contributed by atoms with E-state index >= 15 is 0 Å². The lowest BCUT2D eigenvalue weighted by Gasteiger charge is -2.07. The van der Waals surface area contributed by atoms with Crippen LogP contribution in [-0.4, -0.2) is 9.97 Å². The molecule has 2 nitrogen and oxygen atoms in total. The number of rotatable bonds is 4. The molecule has 128 valence electrons. The summed E-state index contributed by atoms with van der Waals surface area (Å²) in [7, 11) is 0. The molecular formula is C18H12ClF3N2S. The zero-order valence-electron chi connectivity index (χ0n) is 12.8. The first-order chi connectivity index (χ1) is 11.9. The zero-order chi connectivity index (χ0) is 17.9. The van der Waals surface area contributed by atoms with Gasteiger partial charge in [0.25, 0.3) is 0 Å². The third-order valence-electron chi connectivity index (χ3n) is 3.41. The van der Waals surface area contributed by atoms with E-state index < -0.39 is 11.9 Å². The van der Waals surface area contributed by atoms with Crippen LogP contribution in [0.25, 0.3) is 11.1 Å². The van der Waals surface area contributed by atoms with Crippen LogP contribution in [0.4, 0.5) is 13.2 Å². The number of aromatic nitrogens is 2. The Labute approximate surface area is 152 Å². The molecule has 0 saturated carbocycles. The van der Waals surface area contributed by atoms with E-state index in [1.54, 1.807) is 12.3 Å². The van der Waals surface area contributed by atoms with Gasteiger partial charge in [-0.25, -0.2) is 0 Å². The van der Waals surface area contributed by atoms with Crippen molar-refractivity contribution in [1.29, 1.82) is 0 Å². The van der Waals surface area contributed by atoms with Gasteiger partial charge < -0.3 is 0 Å². The fourth-order valence-electron chi connectivity index (χ4n) is 2.14. The van der Waals surface area contributed by atoms with E-state index in [1.165, 1.54) is 18.0 Å². The minimum absolute atomic E-state index is 0.474. The van der Waals surface area contributed by atoms with Crippen molar-refractivity contribution in [3.05, 3.63) is 77.3 Å². The molecule has 0 saturated heterocycles. The van der Waals surface area contributed by atoms with Gasteiger partial charge in [0.15, 0.2) is 0 Å². The Hall–Kier alpha value is -2.05. The van der Waals surface area contributed by atoms with Crippen LogP contribution < -0.4 is 0 Å². The summed E-state index contributed by atoms with van der Waals surface area (Å²) in [5, 5.41) is 0.667. The van der Waals surface area contributed by atoms with Gasteiger partial charge in [-0.2, -0.15) is 13.2 Å². The van der Waals surface area contributed by atoms with E-state index in [9.17, 15) is 13.2 Å². The summed E-state index contributed by atoms with van der Waals surface area (Å²) in [4.78, 5) is 8.23. The predicted molar refractivity (Wildman–Crippen MR) is 93.5 cm³/mol. The molecule has 0 radical (unpaired) electrons. The van der Waals surface area contributed by atoms with E-state index in [2.05, 4.69) is 9.97 Å². The number of thioether (sulfide) groups is 1. The molecule has 2 heterocycles. The molecule has 0 fully saturated rings. The Kier molecular flexibility index (Phi) is 5.30. The number of nitrogens with zero attached hydrogens (tertiary/aromatic N) is 2. The number of hydrogen-bond donors (Lipinski definition) is 0. The second-order valence-electron chi connectivity index (χ2n) is 5.21. The molecule has 0 N–H and O–H groups in total. The standard InChI is InChI=1S/C18H12ClF3N2S/c19-14-4-1-12(2-5-14)13-3-6-15(24-10-13)11-25-16-7-8-23-17(9-16)18(20,21)22/h1-10H,11H2. The predicted octanol–water partition coefficient (Wildman–Crippen LogP) is 6.11. The van der Waals surface area contributed by atoms with Gasteiger partial charge in [-0.3, -0.25) is 9.97 Å². The summed E-state index contributed by atoms with van der Waals surface area (Å²) in [6, 6.07) is 13.8. The van der Waals surface area contributed by atoms with Crippen LogP contribution in [0.15, 0.2) is 65.8 Å². The quantitative estimate of drug-likeness (QED) is 0.511. The second kappa shape index (κ2) is 7.45. The lowest BCUT2D eigenvalue weighted by atomic mass is 10.1. The van der Waals surface area contributed by atoms with Crippen molar-refractivity contribution in [1.82, 2.24) is 9.97 Å². The Bertz CT molecular complexity index is 849. The SMILES string of the molecule is FC(F)(F)c1cc(SCc2ccc(-c3ccc(Cl)cc3)cn2)ccn1. The minimum atomic E-state index is -4.44. The van der Waals surface area contributed by atoms with Gasteiger partial charge in [0.1, 0.15) is 5.69 Å². The van der Waals surface area contributed by atoms with Gasteiger partial charge in [0.2, 0.25) is 0 Å². The molecule has 0 unspecified atom stereocenters. The maximum atomic E-state index is 12.7. The molecule has 0 aliphatic carbocycles. The van der Waals surface area contributed by atoms with Crippen molar-refractivity contribution in [2.24, 2.45) is 0 Å². The van der Waals surface area contributed by atoms with Crippen molar-refractivity contribution in [2.75, 3.05) is 0 Å². The van der Waals surface area contributed by atoms with Crippen LogP contribution in [0.2, 0.25) is 5.02 Å². The summed E-state index contributed by atoms with van der Waals surface area (Å²) >= 11 is 7.16. The average Bonchev–Trinajstić information content (AvgIpc) is 2.61. The van der Waals surface area contributed by atoms with Crippen molar-refractivity contribution in [3.63, 3.8) is 0 Å². The van der Waals surface area contributed by atoms with E-state index in [0.717, 1.165) is 22.9 Å². The molecule has 0 amide bonds. The molecule has 0 atom stereocenters. The maximum Gasteiger partial charge on any atom is 0.433 e. The fourth-order valence-corrected chi connectivity index (χ4v) is 3.10. The smallest absolute Gasteiger partial charge is 0.260 e.